The topological polar surface area (TPSA) is 46.2 Å². The minimum atomic E-state index is 0.00225. The van der Waals surface area contributed by atoms with E-state index in [9.17, 15) is 5.11 Å². The van der Waals surface area contributed by atoms with E-state index in [0.29, 0.717) is 5.02 Å². The highest BCUT2D eigenvalue weighted by atomic mass is 35.5. The van der Waals surface area contributed by atoms with Crippen LogP contribution in [0.3, 0.4) is 0 Å². The summed E-state index contributed by atoms with van der Waals surface area (Å²) in [5.74, 6) is 0.195. The van der Waals surface area contributed by atoms with Crippen LogP contribution in [0.1, 0.15) is 30.9 Å². The van der Waals surface area contributed by atoms with Crippen LogP contribution >= 0.6 is 11.6 Å². The van der Waals surface area contributed by atoms with E-state index in [-0.39, 0.29) is 17.2 Å². The lowest BCUT2D eigenvalue weighted by Crippen LogP contribution is -2.31. The van der Waals surface area contributed by atoms with Crippen LogP contribution in [-0.4, -0.2) is 11.1 Å². The van der Waals surface area contributed by atoms with Crippen molar-refractivity contribution < 1.29 is 5.11 Å². The first-order valence-corrected chi connectivity index (χ1v) is 5.61. The van der Waals surface area contributed by atoms with Gasteiger partial charge in [-0.1, -0.05) is 23.7 Å². The van der Waals surface area contributed by atoms with Crippen LogP contribution in [0.5, 0.6) is 5.75 Å². The number of halogens is 1. The molecule has 1 aromatic carbocycles. The fourth-order valence-corrected chi connectivity index (χ4v) is 2.55. The molecule has 1 saturated carbocycles. The summed E-state index contributed by atoms with van der Waals surface area (Å²) in [5.41, 5.74) is 7.80. The highest BCUT2D eigenvalue weighted by Gasteiger charge is 2.48. The average Bonchev–Trinajstić information content (AvgIpc) is 2.95. The van der Waals surface area contributed by atoms with Crippen LogP contribution in [0.4, 0.5) is 0 Å². The number of hydrogen-bond donors (Lipinski definition) is 2. The molecule has 0 spiro atoms. The van der Waals surface area contributed by atoms with Crippen LogP contribution < -0.4 is 5.73 Å². The van der Waals surface area contributed by atoms with E-state index in [2.05, 4.69) is 0 Å². The lowest BCUT2D eigenvalue weighted by Gasteiger charge is -2.22. The zero-order valence-electron chi connectivity index (χ0n) is 9.05. The first kappa shape index (κ1) is 10.8. The van der Waals surface area contributed by atoms with Gasteiger partial charge in [-0.25, -0.2) is 0 Å². The fourth-order valence-electron chi connectivity index (χ4n) is 2.15. The van der Waals surface area contributed by atoms with Crippen molar-refractivity contribution in [1.29, 1.82) is 0 Å². The maximum atomic E-state index is 9.79. The Labute approximate surface area is 95.1 Å². The van der Waals surface area contributed by atoms with Crippen LogP contribution in [0.15, 0.2) is 12.1 Å². The fraction of sp³-hybridized carbons (Fsp3) is 0.500. The molecule has 0 saturated heterocycles. The molecule has 0 radical (unpaired) electrons. The maximum absolute atomic E-state index is 9.79. The zero-order valence-corrected chi connectivity index (χ0v) is 9.80. The summed E-state index contributed by atoms with van der Waals surface area (Å²) in [6, 6.07) is 3.98. The number of phenols is 1. The van der Waals surface area contributed by atoms with E-state index in [1.54, 1.807) is 0 Å². The lowest BCUT2D eigenvalue weighted by atomic mass is 9.88. The Morgan fingerprint density at radius 3 is 2.53 bits per heavy atom. The largest absolute Gasteiger partial charge is 0.506 e. The van der Waals surface area contributed by atoms with E-state index in [0.717, 1.165) is 24.0 Å². The molecule has 1 fully saturated rings. The maximum Gasteiger partial charge on any atom is 0.137 e. The van der Waals surface area contributed by atoms with Gasteiger partial charge in [-0.15, -0.1) is 0 Å². The molecule has 1 aliphatic rings. The van der Waals surface area contributed by atoms with Crippen molar-refractivity contribution in [3.8, 4) is 5.75 Å². The smallest absolute Gasteiger partial charge is 0.137 e. The molecule has 82 valence electrons. The Kier molecular flexibility index (Phi) is 2.44. The number of aromatic hydroxyl groups is 1. The van der Waals surface area contributed by atoms with Gasteiger partial charge in [0, 0.05) is 11.5 Å². The molecular formula is C12H16ClNO. The minimum Gasteiger partial charge on any atom is -0.506 e. The van der Waals surface area contributed by atoms with Crippen LogP contribution in [-0.2, 0) is 5.41 Å². The van der Waals surface area contributed by atoms with Crippen LogP contribution in [0, 0.1) is 6.92 Å². The zero-order chi connectivity index (χ0) is 11.2. The monoisotopic (exact) mass is 225 g/mol. The summed E-state index contributed by atoms with van der Waals surface area (Å²) in [7, 11) is 0. The Bertz CT molecular complexity index is 397. The third-order valence-corrected chi connectivity index (χ3v) is 3.90. The third kappa shape index (κ3) is 1.52. The average molecular weight is 226 g/mol. The normalized spacial score (nSPS) is 20.0. The predicted octanol–water partition coefficient (Wildman–Crippen LogP) is 2.73. The van der Waals surface area contributed by atoms with Gasteiger partial charge in [-0.05, 0) is 37.8 Å². The molecule has 0 bridgehead atoms. The number of rotatable bonds is 2. The van der Waals surface area contributed by atoms with Crippen molar-refractivity contribution in [2.45, 2.75) is 38.1 Å². The van der Waals surface area contributed by atoms with Gasteiger partial charge in [0.15, 0.2) is 0 Å². The van der Waals surface area contributed by atoms with Crippen LogP contribution in [0.25, 0.3) is 0 Å². The highest BCUT2D eigenvalue weighted by Crippen LogP contribution is 2.53. The second kappa shape index (κ2) is 3.39. The minimum absolute atomic E-state index is 0.00225. The number of aryl methyl sites for hydroxylation is 1. The summed E-state index contributed by atoms with van der Waals surface area (Å²) in [4.78, 5) is 0. The van der Waals surface area contributed by atoms with Gasteiger partial charge in [0.1, 0.15) is 5.75 Å². The second-order valence-electron chi connectivity index (χ2n) is 4.54. The van der Waals surface area contributed by atoms with Gasteiger partial charge in [-0.3, -0.25) is 0 Å². The standard InChI is InChI=1S/C12H16ClNO/c1-7-3-4-9(10(13)11(7)15)12(5-6-12)8(2)14/h3-4,8,15H,5-6,14H2,1-2H3. The lowest BCUT2D eigenvalue weighted by molar-refractivity contribution is 0.467. The molecule has 0 amide bonds. The molecule has 2 nitrogen and oxygen atoms in total. The van der Waals surface area contributed by atoms with Crippen molar-refractivity contribution in [1.82, 2.24) is 0 Å². The van der Waals surface area contributed by atoms with E-state index in [1.165, 1.54) is 0 Å². The number of phenolic OH excluding ortho intramolecular Hbond substituents is 1. The van der Waals surface area contributed by atoms with E-state index in [4.69, 9.17) is 17.3 Å². The van der Waals surface area contributed by atoms with E-state index in [1.807, 2.05) is 26.0 Å². The van der Waals surface area contributed by atoms with Gasteiger partial charge < -0.3 is 10.8 Å². The molecule has 15 heavy (non-hydrogen) atoms. The highest BCUT2D eigenvalue weighted by molar-refractivity contribution is 6.33. The summed E-state index contributed by atoms with van der Waals surface area (Å²) in [5, 5.41) is 10.3. The summed E-state index contributed by atoms with van der Waals surface area (Å²) < 4.78 is 0. The number of nitrogens with two attached hydrogens (primary N) is 1. The Hall–Kier alpha value is -0.730. The van der Waals surface area contributed by atoms with Crippen molar-refractivity contribution >= 4 is 11.6 Å². The Morgan fingerprint density at radius 2 is 2.07 bits per heavy atom. The van der Waals surface area contributed by atoms with Crippen molar-refractivity contribution in [2.75, 3.05) is 0 Å². The number of benzene rings is 1. The summed E-state index contributed by atoms with van der Waals surface area (Å²) >= 11 is 6.16. The van der Waals surface area contributed by atoms with Gasteiger partial charge in [-0.2, -0.15) is 0 Å². The molecule has 0 heterocycles. The quantitative estimate of drug-likeness (QED) is 0.813. The molecule has 1 unspecified atom stereocenters. The SMILES string of the molecule is Cc1ccc(C2(C(C)N)CC2)c(Cl)c1O. The summed E-state index contributed by atoms with van der Waals surface area (Å²) in [6.45, 7) is 3.84. The van der Waals surface area contributed by atoms with E-state index < -0.39 is 0 Å². The Morgan fingerprint density at radius 1 is 1.47 bits per heavy atom. The summed E-state index contributed by atoms with van der Waals surface area (Å²) in [6.07, 6.45) is 2.12. The van der Waals surface area contributed by atoms with Crippen LogP contribution in [0.2, 0.25) is 5.02 Å². The van der Waals surface area contributed by atoms with Gasteiger partial charge in [0.2, 0.25) is 0 Å². The molecule has 0 aliphatic heterocycles. The van der Waals surface area contributed by atoms with Crippen molar-refractivity contribution in [3.05, 3.63) is 28.3 Å². The predicted molar refractivity (Wildman–Crippen MR) is 62.4 cm³/mol. The van der Waals surface area contributed by atoms with E-state index >= 15 is 0 Å². The molecule has 0 aromatic heterocycles. The molecular weight excluding hydrogens is 210 g/mol. The first-order chi connectivity index (χ1) is 6.99. The first-order valence-electron chi connectivity index (χ1n) is 5.23. The van der Waals surface area contributed by atoms with Crippen molar-refractivity contribution in [3.63, 3.8) is 0 Å². The third-order valence-electron chi connectivity index (χ3n) is 3.51. The second-order valence-corrected chi connectivity index (χ2v) is 4.92. The number of hydrogen-bond acceptors (Lipinski definition) is 2. The van der Waals surface area contributed by atoms with Crippen molar-refractivity contribution in [2.24, 2.45) is 5.73 Å². The molecule has 2 rings (SSSR count). The van der Waals surface area contributed by atoms with Gasteiger partial charge in [0.25, 0.3) is 0 Å². The molecule has 3 N–H and O–H groups in total. The molecule has 1 atom stereocenters. The molecule has 1 aliphatic carbocycles. The Balaban J connectivity index is 2.51. The van der Waals surface area contributed by atoms with Gasteiger partial charge >= 0.3 is 0 Å². The molecule has 3 heteroatoms. The van der Waals surface area contributed by atoms with Gasteiger partial charge in [0.05, 0.1) is 5.02 Å². The molecule has 1 aromatic rings.